The van der Waals surface area contributed by atoms with Crippen LogP contribution in [-0.4, -0.2) is 13.7 Å². The molecule has 4 heteroatoms. The van der Waals surface area contributed by atoms with E-state index in [4.69, 9.17) is 16.3 Å². The highest BCUT2D eigenvalue weighted by molar-refractivity contribution is 9.10. The lowest BCUT2D eigenvalue weighted by molar-refractivity contribution is 0.413. The number of ether oxygens (including phenoxy) is 1. The van der Waals surface area contributed by atoms with Gasteiger partial charge in [0.2, 0.25) is 0 Å². The molecular formula is C16H17BrClNO. The van der Waals surface area contributed by atoms with Crippen molar-refractivity contribution < 1.29 is 4.74 Å². The summed E-state index contributed by atoms with van der Waals surface area (Å²) in [5, 5.41) is 4.22. The molecule has 0 fully saturated rings. The van der Waals surface area contributed by atoms with Gasteiger partial charge in [0.15, 0.2) is 0 Å². The van der Waals surface area contributed by atoms with E-state index < -0.39 is 0 Å². The second kappa shape index (κ2) is 7.11. The van der Waals surface area contributed by atoms with Gasteiger partial charge in [-0.15, -0.1) is 0 Å². The number of benzene rings is 2. The zero-order valence-electron chi connectivity index (χ0n) is 11.5. The molecule has 0 aromatic heterocycles. The van der Waals surface area contributed by atoms with Crippen LogP contribution in [0.25, 0.3) is 0 Å². The van der Waals surface area contributed by atoms with Crippen LogP contribution in [0.15, 0.2) is 46.9 Å². The molecule has 0 heterocycles. The molecule has 20 heavy (non-hydrogen) atoms. The Kier molecular flexibility index (Phi) is 5.46. The van der Waals surface area contributed by atoms with Crippen molar-refractivity contribution in [2.75, 3.05) is 13.7 Å². The molecule has 0 aliphatic carbocycles. The lowest BCUT2D eigenvalue weighted by Gasteiger charge is -2.21. The third-order valence-corrected chi connectivity index (χ3v) is 4.03. The van der Waals surface area contributed by atoms with Crippen LogP contribution in [-0.2, 0) is 0 Å². The molecule has 0 radical (unpaired) electrons. The lowest BCUT2D eigenvalue weighted by Crippen LogP contribution is -2.22. The predicted molar refractivity (Wildman–Crippen MR) is 87.7 cm³/mol. The average Bonchev–Trinajstić information content (AvgIpc) is 2.45. The summed E-state index contributed by atoms with van der Waals surface area (Å²) in [6.07, 6.45) is 0. The van der Waals surface area contributed by atoms with E-state index in [1.807, 2.05) is 36.4 Å². The Morgan fingerprint density at radius 1 is 1.25 bits per heavy atom. The standard InChI is InChI=1S/C16H17BrClNO/c1-3-19-16(11-5-4-6-13(9-11)20-2)14-8-7-12(18)10-15(14)17/h4-10,16,19H,3H2,1-2H3. The third-order valence-electron chi connectivity index (χ3n) is 3.11. The molecule has 0 spiro atoms. The summed E-state index contributed by atoms with van der Waals surface area (Å²) in [6, 6.07) is 14.1. The second-order valence-electron chi connectivity index (χ2n) is 4.43. The Bertz CT molecular complexity index is 588. The van der Waals surface area contributed by atoms with E-state index in [0.717, 1.165) is 32.9 Å². The van der Waals surface area contributed by atoms with Gasteiger partial charge >= 0.3 is 0 Å². The number of rotatable bonds is 5. The van der Waals surface area contributed by atoms with Gasteiger partial charge in [-0.25, -0.2) is 0 Å². The number of hydrogen-bond acceptors (Lipinski definition) is 2. The van der Waals surface area contributed by atoms with Crippen molar-refractivity contribution in [1.29, 1.82) is 0 Å². The molecule has 0 bridgehead atoms. The highest BCUT2D eigenvalue weighted by atomic mass is 79.9. The van der Waals surface area contributed by atoms with E-state index in [9.17, 15) is 0 Å². The summed E-state index contributed by atoms with van der Waals surface area (Å²) in [5.41, 5.74) is 2.32. The fraction of sp³-hybridized carbons (Fsp3) is 0.250. The van der Waals surface area contributed by atoms with E-state index >= 15 is 0 Å². The normalized spacial score (nSPS) is 12.2. The Morgan fingerprint density at radius 3 is 2.70 bits per heavy atom. The zero-order valence-corrected chi connectivity index (χ0v) is 13.8. The van der Waals surface area contributed by atoms with E-state index in [0.29, 0.717) is 0 Å². The first-order valence-corrected chi connectivity index (χ1v) is 7.65. The van der Waals surface area contributed by atoms with Gasteiger partial charge in [0.1, 0.15) is 5.75 Å². The minimum atomic E-state index is 0.0988. The van der Waals surface area contributed by atoms with Crippen LogP contribution in [0, 0.1) is 0 Å². The van der Waals surface area contributed by atoms with Gasteiger partial charge in [0, 0.05) is 9.50 Å². The molecule has 2 aromatic rings. The van der Waals surface area contributed by atoms with Crippen LogP contribution in [0.2, 0.25) is 5.02 Å². The molecule has 2 rings (SSSR count). The van der Waals surface area contributed by atoms with Gasteiger partial charge in [-0.1, -0.05) is 52.7 Å². The summed E-state index contributed by atoms with van der Waals surface area (Å²) in [7, 11) is 1.68. The van der Waals surface area contributed by atoms with Gasteiger partial charge in [-0.3, -0.25) is 0 Å². The van der Waals surface area contributed by atoms with Crippen LogP contribution in [0.3, 0.4) is 0 Å². The maximum Gasteiger partial charge on any atom is 0.119 e. The van der Waals surface area contributed by atoms with Crippen molar-refractivity contribution in [1.82, 2.24) is 5.32 Å². The molecular weight excluding hydrogens is 338 g/mol. The first kappa shape index (κ1) is 15.4. The topological polar surface area (TPSA) is 21.3 Å². The maximum absolute atomic E-state index is 6.02. The third kappa shape index (κ3) is 3.54. The van der Waals surface area contributed by atoms with E-state index in [1.165, 1.54) is 0 Å². The van der Waals surface area contributed by atoms with Crippen molar-refractivity contribution in [2.24, 2.45) is 0 Å². The van der Waals surface area contributed by atoms with E-state index in [2.05, 4.69) is 34.2 Å². The first-order valence-electron chi connectivity index (χ1n) is 6.48. The maximum atomic E-state index is 6.02. The first-order chi connectivity index (χ1) is 9.65. The average molecular weight is 355 g/mol. The fourth-order valence-corrected chi connectivity index (χ4v) is 3.08. The number of nitrogens with one attached hydrogen (secondary N) is 1. The van der Waals surface area contributed by atoms with Crippen LogP contribution in [0.1, 0.15) is 24.1 Å². The smallest absolute Gasteiger partial charge is 0.119 e. The van der Waals surface area contributed by atoms with Crippen molar-refractivity contribution in [2.45, 2.75) is 13.0 Å². The number of methoxy groups -OCH3 is 1. The van der Waals surface area contributed by atoms with Crippen molar-refractivity contribution in [3.05, 3.63) is 63.1 Å². The predicted octanol–water partition coefficient (Wildman–Crippen LogP) is 4.81. The zero-order chi connectivity index (χ0) is 14.5. The summed E-state index contributed by atoms with van der Waals surface area (Å²) in [4.78, 5) is 0. The molecule has 0 saturated heterocycles. The van der Waals surface area contributed by atoms with Crippen molar-refractivity contribution in [3.63, 3.8) is 0 Å². The minimum absolute atomic E-state index is 0.0988. The number of hydrogen-bond donors (Lipinski definition) is 1. The van der Waals surface area contributed by atoms with Gasteiger partial charge in [-0.2, -0.15) is 0 Å². The molecule has 0 amide bonds. The largest absolute Gasteiger partial charge is 0.497 e. The van der Waals surface area contributed by atoms with Gasteiger partial charge in [0.05, 0.1) is 13.2 Å². The highest BCUT2D eigenvalue weighted by Gasteiger charge is 2.16. The molecule has 2 aromatic carbocycles. The van der Waals surface area contributed by atoms with E-state index in [-0.39, 0.29) is 6.04 Å². The van der Waals surface area contributed by atoms with E-state index in [1.54, 1.807) is 7.11 Å². The summed E-state index contributed by atoms with van der Waals surface area (Å²) in [5.74, 6) is 0.857. The van der Waals surface area contributed by atoms with Crippen LogP contribution < -0.4 is 10.1 Å². The van der Waals surface area contributed by atoms with Crippen LogP contribution in [0.4, 0.5) is 0 Å². The minimum Gasteiger partial charge on any atom is -0.497 e. The molecule has 1 atom stereocenters. The molecule has 0 aliphatic rings. The highest BCUT2D eigenvalue weighted by Crippen LogP contribution is 2.32. The Labute approximate surface area is 133 Å². The summed E-state index contributed by atoms with van der Waals surface area (Å²) in [6.45, 7) is 2.97. The molecule has 106 valence electrons. The van der Waals surface area contributed by atoms with Crippen molar-refractivity contribution in [3.8, 4) is 5.75 Å². The molecule has 0 aliphatic heterocycles. The number of halogens is 2. The van der Waals surface area contributed by atoms with Gasteiger partial charge in [0.25, 0.3) is 0 Å². The van der Waals surface area contributed by atoms with Crippen LogP contribution >= 0.6 is 27.5 Å². The van der Waals surface area contributed by atoms with Crippen LogP contribution in [0.5, 0.6) is 5.75 Å². The Hall–Kier alpha value is -1.03. The molecule has 1 N–H and O–H groups in total. The van der Waals surface area contributed by atoms with Crippen molar-refractivity contribution >= 4 is 27.5 Å². The fourth-order valence-electron chi connectivity index (χ4n) is 2.17. The van der Waals surface area contributed by atoms with Gasteiger partial charge < -0.3 is 10.1 Å². The van der Waals surface area contributed by atoms with Gasteiger partial charge in [-0.05, 0) is 41.9 Å². The SMILES string of the molecule is CCNC(c1cccc(OC)c1)c1ccc(Cl)cc1Br. The molecule has 0 saturated carbocycles. The Balaban J connectivity index is 2.44. The second-order valence-corrected chi connectivity index (χ2v) is 5.72. The lowest BCUT2D eigenvalue weighted by atomic mass is 9.98. The Morgan fingerprint density at radius 2 is 2.05 bits per heavy atom. The monoisotopic (exact) mass is 353 g/mol. The quantitative estimate of drug-likeness (QED) is 0.832. The summed E-state index contributed by atoms with van der Waals surface area (Å²) < 4.78 is 6.31. The molecule has 1 unspecified atom stereocenters. The molecule has 2 nitrogen and oxygen atoms in total. The summed E-state index contributed by atoms with van der Waals surface area (Å²) >= 11 is 9.62.